The summed E-state index contributed by atoms with van der Waals surface area (Å²) in [5.41, 5.74) is 1.69. The maximum Gasteiger partial charge on any atom is 0.362 e. The smallest absolute Gasteiger partial charge is 0.362 e. The molecule has 0 fully saturated rings. The molecule has 0 bridgehead atoms. The van der Waals surface area contributed by atoms with Gasteiger partial charge in [-0.1, -0.05) is 34.8 Å². The molecule has 9 heteroatoms. The van der Waals surface area contributed by atoms with Crippen molar-refractivity contribution >= 4 is 39.7 Å². The molecule has 0 aliphatic heterocycles. The maximum atomic E-state index is 12.2. The SMILES string of the molecule is CCOC(=O)c1nnsc1NC(=O)Cc1csc(-c2ccccc2)n1. The highest BCUT2D eigenvalue weighted by Crippen LogP contribution is 2.24. The zero-order valence-corrected chi connectivity index (χ0v) is 14.9. The van der Waals surface area contributed by atoms with Gasteiger partial charge in [0, 0.05) is 22.5 Å². The molecule has 0 aliphatic rings. The van der Waals surface area contributed by atoms with Gasteiger partial charge in [0.2, 0.25) is 11.6 Å². The molecule has 1 N–H and O–H groups in total. The number of thiazole rings is 1. The van der Waals surface area contributed by atoms with Crippen molar-refractivity contribution in [2.45, 2.75) is 13.3 Å². The van der Waals surface area contributed by atoms with Crippen molar-refractivity contribution < 1.29 is 14.3 Å². The summed E-state index contributed by atoms with van der Waals surface area (Å²) >= 11 is 2.41. The summed E-state index contributed by atoms with van der Waals surface area (Å²) in [6.45, 7) is 1.92. The van der Waals surface area contributed by atoms with E-state index >= 15 is 0 Å². The summed E-state index contributed by atoms with van der Waals surface area (Å²) in [5.74, 6) is -0.895. The van der Waals surface area contributed by atoms with Crippen molar-refractivity contribution in [1.82, 2.24) is 14.6 Å². The summed E-state index contributed by atoms with van der Waals surface area (Å²) in [6.07, 6.45) is 0.101. The molecule has 2 heterocycles. The van der Waals surface area contributed by atoms with Gasteiger partial charge in [0.25, 0.3) is 0 Å². The van der Waals surface area contributed by atoms with Crippen LogP contribution >= 0.6 is 22.9 Å². The highest BCUT2D eigenvalue weighted by molar-refractivity contribution is 7.13. The molecule has 0 spiro atoms. The van der Waals surface area contributed by atoms with Gasteiger partial charge in [0.05, 0.1) is 18.7 Å². The van der Waals surface area contributed by atoms with Gasteiger partial charge < -0.3 is 10.1 Å². The Morgan fingerprint density at radius 1 is 1.24 bits per heavy atom. The Labute approximate surface area is 151 Å². The first-order valence-electron chi connectivity index (χ1n) is 7.46. The quantitative estimate of drug-likeness (QED) is 0.667. The van der Waals surface area contributed by atoms with Gasteiger partial charge in [-0.05, 0) is 6.92 Å². The largest absolute Gasteiger partial charge is 0.461 e. The van der Waals surface area contributed by atoms with E-state index in [1.165, 1.54) is 11.3 Å². The van der Waals surface area contributed by atoms with Crippen LogP contribution in [-0.4, -0.2) is 33.1 Å². The molecule has 0 unspecified atom stereocenters. The summed E-state index contributed by atoms with van der Waals surface area (Å²) < 4.78 is 8.57. The molecule has 25 heavy (non-hydrogen) atoms. The number of aromatic nitrogens is 3. The molecule has 0 aliphatic carbocycles. The van der Waals surface area contributed by atoms with Crippen molar-refractivity contribution in [1.29, 1.82) is 0 Å². The zero-order valence-electron chi connectivity index (χ0n) is 13.3. The van der Waals surface area contributed by atoms with Crippen molar-refractivity contribution in [3.05, 3.63) is 47.1 Å². The number of nitrogens with one attached hydrogen (secondary N) is 1. The highest BCUT2D eigenvalue weighted by Gasteiger charge is 2.20. The molecular weight excluding hydrogens is 360 g/mol. The zero-order chi connectivity index (χ0) is 17.6. The number of amides is 1. The predicted octanol–water partition coefficient (Wildman–Crippen LogP) is 3.02. The van der Waals surface area contributed by atoms with Crippen LogP contribution in [0, 0.1) is 0 Å². The van der Waals surface area contributed by atoms with E-state index in [9.17, 15) is 9.59 Å². The van der Waals surface area contributed by atoms with Crippen LogP contribution < -0.4 is 5.32 Å². The molecule has 2 aromatic heterocycles. The number of carbonyl (C=O) groups is 2. The minimum atomic E-state index is -0.605. The molecule has 7 nitrogen and oxygen atoms in total. The van der Waals surface area contributed by atoms with Gasteiger partial charge in [-0.2, -0.15) is 0 Å². The monoisotopic (exact) mass is 374 g/mol. The topological polar surface area (TPSA) is 94.1 Å². The number of hydrogen-bond acceptors (Lipinski definition) is 8. The standard InChI is InChI=1S/C16H14N4O3S2/c1-2-23-16(22)13-15(25-20-19-13)18-12(21)8-11-9-24-14(17-11)10-6-4-3-5-7-10/h3-7,9H,2,8H2,1H3,(H,18,21). The van der Waals surface area contributed by atoms with E-state index < -0.39 is 5.97 Å². The van der Waals surface area contributed by atoms with Crippen LogP contribution in [0.1, 0.15) is 23.1 Å². The van der Waals surface area contributed by atoms with Gasteiger partial charge in [-0.25, -0.2) is 9.78 Å². The third-order valence-electron chi connectivity index (χ3n) is 3.12. The van der Waals surface area contributed by atoms with Crippen LogP contribution in [0.3, 0.4) is 0 Å². The minimum absolute atomic E-state index is 0.0171. The summed E-state index contributed by atoms with van der Waals surface area (Å²) in [7, 11) is 0. The first-order valence-corrected chi connectivity index (χ1v) is 9.12. The lowest BCUT2D eigenvalue weighted by molar-refractivity contribution is -0.115. The van der Waals surface area contributed by atoms with E-state index in [1.807, 2.05) is 35.7 Å². The lowest BCUT2D eigenvalue weighted by atomic mass is 10.2. The number of nitrogens with zero attached hydrogens (tertiary/aromatic N) is 3. The Balaban J connectivity index is 1.65. The fourth-order valence-corrected chi connectivity index (χ4v) is 3.44. The van der Waals surface area contributed by atoms with E-state index in [2.05, 4.69) is 19.9 Å². The van der Waals surface area contributed by atoms with Crippen molar-refractivity contribution in [3.63, 3.8) is 0 Å². The fourth-order valence-electron chi connectivity index (χ4n) is 2.04. The Morgan fingerprint density at radius 3 is 2.80 bits per heavy atom. The van der Waals surface area contributed by atoms with E-state index in [1.54, 1.807) is 6.92 Å². The predicted molar refractivity (Wildman–Crippen MR) is 95.7 cm³/mol. The van der Waals surface area contributed by atoms with Crippen LogP contribution in [0.25, 0.3) is 10.6 Å². The molecule has 0 saturated heterocycles. The average molecular weight is 374 g/mol. The molecule has 3 aromatic rings. The number of benzene rings is 1. The van der Waals surface area contributed by atoms with E-state index in [4.69, 9.17) is 4.74 Å². The second-order valence-corrected chi connectivity index (χ2v) is 6.52. The van der Waals surface area contributed by atoms with Crippen LogP contribution in [0.4, 0.5) is 5.00 Å². The summed E-state index contributed by atoms with van der Waals surface area (Å²) in [6, 6.07) is 9.76. The molecule has 0 saturated carbocycles. The van der Waals surface area contributed by atoms with Gasteiger partial charge in [-0.3, -0.25) is 4.79 Å². The number of esters is 1. The third kappa shape index (κ3) is 4.25. The fraction of sp³-hybridized carbons (Fsp3) is 0.188. The Bertz CT molecular complexity index is 876. The first kappa shape index (κ1) is 17.2. The molecule has 1 amide bonds. The summed E-state index contributed by atoms with van der Waals surface area (Å²) in [4.78, 5) is 28.4. The van der Waals surface area contributed by atoms with Gasteiger partial charge in [-0.15, -0.1) is 16.4 Å². The second kappa shape index (κ2) is 7.95. The van der Waals surface area contributed by atoms with E-state index in [0.717, 1.165) is 22.1 Å². The first-order chi connectivity index (χ1) is 12.2. The van der Waals surface area contributed by atoms with Gasteiger partial charge in [0.1, 0.15) is 5.01 Å². The number of carbonyl (C=O) groups excluding carboxylic acids is 2. The molecule has 0 radical (unpaired) electrons. The molecule has 1 aromatic carbocycles. The lowest BCUT2D eigenvalue weighted by Gasteiger charge is -2.03. The Morgan fingerprint density at radius 2 is 2.04 bits per heavy atom. The average Bonchev–Trinajstić information content (AvgIpc) is 3.25. The van der Waals surface area contributed by atoms with E-state index in [-0.39, 0.29) is 29.6 Å². The molecule has 0 atom stereocenters. The number of anilines is 1. The molecular formula is C16H14N4O3S2. The third-order valence-corrected chi connectivity index (χ3v) is 4.71. The number of ether oxygens (including phenoxy) is 1. The van der Waals surface area contributed by atoms with E-state index in [0.29, 0.717) is 5.69 Å². The minimum Gasteiger partial charge on any atom is -0.461 e. The maximum absolute atomic E-state index is 12.2. The van der Waals surface area contributed by atoms with Crippen molar-refractivity contribution in [3.8, 4) is 10.6 Å². The van der Waals surface area contributed by atoms with Crippen LogP contribution in [0.5, 0.6) is 0 Å². The second-order valence-electron chi connectivity index (χ2n) is 4.91. The molecule has 128 valence electrons. The van der Waals surface area contributed by atoms with Crippen molar-refractivity contribution in [2.24, 2.45) is 0 Å². The van der Waals surface area contributed by atoms with Crippen LogP contribution in [-0.2, 0) is 16.0 Å². The summed E-state index contributed by atoms with van der Waals surface area (Å²) in [5, 5.41) is 9.33. The normalized spacial score (nSPS) is 10.4. The molecule has 3 rings (SSSR count). The van der Waals surface area contributed by atoms with Gasteiger partial charge >= 0.3 is 5.97 Å². The Kier molecular flexibility index (Phi) is 5.46. The lowest BCUT2D eigenvalue weighted by Crippen LogP contribution is -2.16. The highest BCUT2D eigenvalue weighted by atomic mass is 32.1. The van der Waals surface area contributed by atoms with Gasteiger partial charge in [0.15, 0.2) is 5.00 Å². The number of rotatable bonds is 6. The van der Waals surface area contributed by atoms with Crippen LogP contribution in [0.15, 0.2) is 35.7 Å². The van der Waals surface area contributed by atoms with Crippen molar-refractivity contribution in [2.75, 3.05) is 11.9 Å². The van der Waals surface area contributed by atoms with Crippen LogP contribution in [0.2, 0.25) is 0 Å². The Hall–Kier alpha value is -2.65. The number of hydrogen-bond donors (Lipinski definition) is 1.